The van der Waals surface area contributed by atoms with E-state index in [-0.39, 0.29) is 0 Å². The summed E-state index contributed by atoms with van der Waals surface area (Å²) in [5.41, 5.74) is 1.56. The monoisotopic (exact) mass is 261 g/mol. The molecule has 3 rings (SSSR count). The second kappa shape index (κ2) is 5.26. The van der Waals surface area contributed by atoms with Crippen LogP contribution in [0.25, 0.3) is 0 Å². The number of piperidine rings is 1. The first-order valence-corrected chi connectivity index (χ1v) is 8.05. The van der Waals surface area contributed by atoms with Crippen molar-refractivity contribution in [2.24, 2.45) is 11.8 Å². The van der Waals surface area contributed by atoms with Crippen LogP contribution >= 0.6 is 11.8 Å². The fraction of sp³-hybridized carbons (Fsp3) is 0.625. The van der Waals surface area contributed by atoms with Gasteiger partial charge in [-0.1, -0.05) is 32.0 Å². The molecule has 2 aliphatic heterocycles. The summed E-state index contributed by atoms with van der Waals surface area (Å²) < 4.78 is 0. The fourth-order valence-corrected chi connectivity index (χ4v) is 4.95. The Labute approximate surface area is 115 Å². The van der Waals surface area contributed by atoms with Gasteiger partial charge in [-0.15, -0.1) is 11.8 Å². The second-order valence-electron chi connectivity index (χ2n) is 6.22. The summed E-state index contributed by atoms with van der Waals surface area (Å²) in [6.07, 6.45) is 2.68. The summed E-state index contributed by atoms with van der Waals surface area (Å²) in [6, 6.07) is 8.91. The van der Waals surface area contributed by atoms with E-state index in [0.29, 0.717) is 0 Å². The Morgan fingerprint density at radius 2 is 1.89 bits per heavy atom. The van der Waals surface area contributed by atoms with Crippen LogP contribution in [0.1, 0.15) is 25.8 Å². The van der Waals surface area contributed by atoms with Crippen molar-refractivity contribution in [3.8, 4) is 0 Å². The molecule has 1 aromatic rings. The van der Waals surface area contributed by atoms with E-state index < -0.39 is 0 Å². The second-order valence-corrected chi connectivity index (χ2v) is 7.56. The number of thioether (sulfide) groups is 1. The zero-order chi connectivity index (χ0) is 12.5. The van der Waals surface area contributed by atoms with Gasteiger partial charge in [-0.3, -0.25) is 0 Å². The van der Waals surface area contributed by atoms with Crippen LogP contribution < -0.4 is 0 Å². The van der Waals surface area contributed by atoms with Gasteiger partial charge < -0.3 is 4.90 Å². The summed E-state index contributed by atoms with van der Waals surface area (Å²) in [6.45, 7) is 8.68. The highest BCUT2D eigenvalue weighted by Gasteiger charge is 2.27. The topological polar surface area (TPSA) is 3.24 Å². The van der Waals surface area contributed by atoms with Crippen molar-refractivity contribution < 1.29 is 0 Å². The van der Waals surface area contributed by atoms with Gasteiger partial charge in [0.25, 0.3) is 0 Å². The largest absolute Gasteiger partial charge is 0.302 e. The normalized spacial score (nSPS) is 32.4. The van der Waals surface area contributed by atoms with Gasteiger partial charge in [-0.2, -0.15) is 0 Å². The quantitative estimate of drug-likeness (QED) is 0.799. The van der Waals surface area contributed by atoms with Crippen LogP contribution in [0.3, 0.4) is 0 Å². The molecule has 2 aliphatic rings. The van der Waals surface area contributed by atoms with Crippen molar-refractivity contribution in [2.45, 2.75) is 36.8 Å². The van der Waals surface area contributed by atoms with Crippen molar-refractivity contribution in [2.75, 3.05) is 19.6 Å². The Hall–Kier alpha value is -0.470. The lowest BCUT2D eigenvalue weighted by Crippen LogP contribution is -2.41. The summed E-state index contributed by atoms with van der Waals surface area (Å²) in [4.78, 5) is 4.21. The molecular weight excluding hydrogens is 238 g/mol. The zero-order valence-corrected chi connectivity index (χ0v) is 12.2. The van der Waals surface area contributed by atoms with Crippen LogP contribution in [0.5, 0.6) is 0 Å². The first kappa shape index (κ1) is 12.6. The van der Waals surface area contributed by atoms with Gasteiger partial charge in [0.05, 0.1) is 0 Å². The molecule has 2 heterocycles. The highest BCUT2D eigenvalue weighted by molar-refractivity contribution is 8.00. The average Bonchev–Trinajstić information content (AvgIpc) is 2.69. The number of hydrogen-bond acceptors (Lipinski definition) is 2. The van der Waals surface area contributed by atoms with Gasteiger partial charge in [0.15, 0.2) is 0 Å². The molecule has 1 aromatic carbocycles. The first-order chi connectivity index (χ1) is 8.70. The maximum atomic E-state index is 2.70. The van der Waals surface area contributed by atoms with Crippen molar-refractivity contribution in [3.63, 3.8) is 0 Å². The van der Waals surface area contributed by atoms with Crippen LogP contribution in [0.2, 0.25) is 0 Å². The van der Waals surface area contributed by atoms with Crippen LogP contribution in [-0.2, 0) is 6.42 Å². The highest BCUT2D eigenvalue weighted by atomic mass is 32.2. The third-order valence-electron chi connectivity index (χ3n) is 4.12. The molecule has 0 spiro atoms. The van der Waals surface area contributed by atoms with Crippen LogP contribution in [0.15, 0.2) is 29.2 Å². The van der Waals surface area contributed by atoms with Crippen molar-refractivity contribution in [1.82, 2.24) is 4.90 Å². The summed E-state index contributed by atoms with van der Waals surface area (Å²) in [5.74, 6) is 1.75. The predicted octanol–water partition coefficient (Wildman–Crippen LogP) is 3.68. The Balaban J connectivity index is 1.59. The fourth-order valence-electron chi connectivity index (χ4n) is 3.58. The van der Waals surface area contributed by atoms with Crippen LogP contribution in [0, 0.1) is 11.8 Å². The van der Waals surface area contributed by atoms with Gasteiger partial charge in [0, 0.05) is 29.8 Å². The van der Waals surface area contributed by atoms with Gasteiger partial charge in [0.1, 0.15) is 0 Å². The van der Waals surface area contributed by atoms with Crippen molar-refractivity contribution >= 4 is 11.8 Å². The Morgan fingerprint density at radius 3 is 2.61 bits per heavy atom. The minimum atomic E-state index is 0.778. The van der Waals surface area contributed by atoms with Crippen molar-refractivity contribution in [3.05, 3.63) is 29.8 Å². The Bertz CT molecular complexity index is 382. The van der Waals surface area contributed by atoms with E-state index in [4.69, 9.17) is 0 Å². The third-order valence-corrected chi connectivity index (χ3v) is 5.42. The lowest BCUT2D eigenvalue weighted by Gasteiger charge is -2.36. The highest BCUT2D eigenvalue weighted by Crippen LogP contribution is 2.37. The number of fused-ring (bicyclic) bond motifs is 1. The molecule has 0 bridgehead atoms. The lowest BCUT2D eigenvalue weighted by molar-refractivity contribution is 0.142. The van der Waals surface area contributed by atoms with E-state index in [0.717, 1.165) is 17.1 Å². The van der Waals surface area contributed by atoms with E-state index in [1.54, 1.807) is 5.56 Å². The summed E-state index contributed by atoms with van der Waals surface area (Å²) >= 11 is 2.09. The van der Waals surface area contributed by atoms with Gasteiger partial charge >= 0.3 is 0 Å². The first-order valence-electron chi connectivity index (χ1n) is 7.17. The molecule has 3 unspecified atom stereocenters. The molecule has 1 saturated heterocycles. The minimum Gasteiger partial charge on any atom is -0.302 e. The molecule has 3 atom stereocenters. The van der Waals surface area contributed by atoms with E-state index in [2.05, 4.69) is 54.8 Å². The molecule has 0 aromatic heterocycles. The van der Waals surface area contributed by atoms with E-state index in [1.807, 2.05) is 0 Å². The molecule has 18 heavy (non-hydrogen) atoms. The average molecular weight is 261 g/mol. The predicted molar refractivity (Wildman–Crippen MR) is 79.2 cm³/mol. The van der Waals surface area contributed by atoms with Crippen LogP contribution in [0.4, 0.5) is 0 Å². The number of likely N-dealkylation sites (tertiary alicyclic amines) is 1. The van der Waals surface area contributed by atoms with Crippen LogP contribution in [-0.4, -0.2) is 29.8 Å². The Morgan fingerprint density at radius 1 is 1.17 bits per heavy atom. The zero-order valence-electron chi connectivity index (χ0n) is 11.4. The van der Waals surface area contributed by atoms with Gasteiger partial charge in [-0.05, 0) is 36.3 Å². The van der Waals surface area contributed by atoms with E-state index in [1.165, 1.54) is 37.4 Å². The number of rotatable bonds is 2. The molecule has 0 amide bonds. The SMILES string of the molecule is CC1CC(C)CN(CC2Cc3ccccc3S2)C1. The molecule has 0 N–H and O–H groups in total. The standard InChI is InChI=1S/C16H23NS/c1-12-7-13(2)10-17(9-12)11-15-8-14-5-3-4-6-16(14)18-15/h3-6,12-13,15H,7-11H2,1-2H3. The van der Waals surface area contributed by atoms with Crippen molar-refractivity contribution in [1.29, 1.82) is 0 Å². The maximum absolute atomic E-state index is 2.70. The smallest absolute Gasteiger partial charge is 0.0263 e. The number of nitrogens with zero attached hydrogens (tertiary/aromatic N) is 1. The molecule has 0 saturated carbocycles. The van der Waals surface area contributed by atoms with E-state index in [9.17, 15) is 0 Å². The molecule has 1 fully saturated rings. The molecule has 0 radical (unpaired) electrons. The molecular formula is C16H23NS. The van der Waals surface area contributed by atoms with E-state index >= 15 is 0 Å². The molecule has 0 aliphatic carbocycles. The third kappa shape index (κ3) is 2.75. The lowest BCUT2D eigenvalue weighted by atomic mass is 9.92. The van der Waals surface area contributed by atoms with Gasteiger partial charge in [0.2, 0.25) is 0 Å². The minimum absolute atomic E-state index is 0.778. The Kier molecular flexibility index (Phi) is 3.67. The molecule has 98 valence electrons. The molecule has 1 nitrogen and oxygen atoms in total. The molecule has 2 heteroatoms. The summed E-state index contributed by atoms with van der Waals surface area (Å²) in [5, 5.41) is 0.778. The number of benzene rings is 1. The summed E-state index contributed by atoms with van der Waals surface area (Å²) in [7, 11) is 0. The number of hydrogen-bond donors (Lipinski definition) is 0. The maximum Gasteiger partial charge on any atom is 0.0263 e. The van der Waals surface area contributed by atoms with Gasteiger partial charge in [-0.25, -0.2) is 0 Å².